The highest BCUT2D eigenvalue weighted by Gasteiger charge is 2.35. The number of hydrogen-bond donors (Lipinski definition) is 1. The van der Waals surface area contributed by atoms with Gasteiger partial charge in [-0.2, -0.15) is 18.4 Å². The Morgan fingerprint density at radius 1 is 1.50 bits per heavy atom. The summed E-state index contributed by atoms with van der Waals surface area (Å²) in [4.78, 5) is 10.5. The largest absolute Gasteiger partial charge is 0.479 e. The van der Waals surface area contributed by atoms with Crippen molar-refractivity contribution in [3.05, 3.63) is 29.3 Å². The van der Waals surface area contributed by atoms with E-state index in [0.29, 0.717) is 6.07 Å². The Morgan fingerprint density at radius 3 is 2.56 bits per heavy atom. The number of rotatable bonds is 3. The Hall–Kier alpha value is -2.23. The van der Waals surface area contributed by atoms with Crippen LogP contribution >= 0.6 is 0 Å². The van der Waals surface area contributed by atoms with Gasteiger partial charge in [-0.1, -0.05) is 0 Å². The number of nitrogens with zero attached hydrogens (tertiary/aromatic N) is 1. The normalized spacial score (nSPS) is 12.6. The molecule has 0 radical (unpaired) electrons. The fourth-order valence-corrected chi connectivity index (χ4v) is 1.16. The van der Waals surface area contributed by atoms with E-state index in [9.17, 15) is 18.0 Å². The number of halogens is 3. The maximum Gasteiger partial charge on any atom is 0.420 e. The standard InChI is InChI=1S/C11H8F3NO3/c1-6(10(16)17)18-9-3-2-7(5-15)4-8(9)11(12,13)14/h2-4,6H,1H3,(H,16,17). The van der Waals surface area contributed by atoms with Gasteiger partial charge in [0.15, 0.2) is 6.10 Å². The molecule has 0 aliphatic rings. The van der Waals surface area contributed by atoms with E-state index in [1.54, 1.807) is 6.07 Å². The van der Waals surface area contributed by atoms with Gasteiger partial charge in [-0.05, 0) is 25.1 Å². The van der Waals surface area contributed by atoms with Crippen molar-refractivity contribution in [2.24, 2.45) is 0 Å². The average Bonchev–Trinajstić information content (AvgIpc) is 2.27. The van der Waals surface area contributed by atoms with Crippen molar-refractivity contribution >= 4 is 5.97 Å². The third-order valence-corrected chi connectivity index (χ3v) is 2.07. The summed E-state index contributed by atoms with van der Waals surface area (Å²) in [6, 6.07) is 4.24. The second-order valence-electron chi connectivity index (χ2n) is 3.42. The summed E-state index contributed by atoms with van der Waals surface area (Å²) in [5, 5.41) is 17.1. The molecule has 0 saturated carbocycles. The first-order valence-electron chi connectivity index (χ1n) is 4.76. The van der Waals surface area contributed by atoms with Crippen LogP contribution in [0.5, 0.6) is 5.75 Å². The van der Waals surface area contributed by atoms with Crippen molar-refractivity contribution in [2.75, 3.05) is 0 Å². The Balaban J connectivity index is 3.20. The molecule has 18 heavy (non-hydrogen) atoms. The molecule has 4 nitrogen and oxygen atoms in total. The van der Waals surface area contributed by atoms with Crippen LogP contribution in [0.15, 0.2) is 18.2 Å². The molecule has 96 valence electrons. The second kappa shape index (κ2) is 4.96. The fourth-order valence-electron chi connectivity index (χ4n) is 1.16. The predicted octanol–water partition coefficient (Wildman–Crippen LogP) is 2.43. The lowest BCUT2D eigenvalue weighted by Gasteiger charge is -2.16. The van der Waals surface area contributed by atoms with Crippen LogP contribution in [0.25, 0.3) is 0 Å². The summed E-state index contributed by atoms with van der Waals surface area (Å²) in [5.41, 5.74) is -1.35. The van der Waals surface area contributed by atoms with Crippen LogP contribution in [0.4, 0.5) is 13.2 Å². The Morgan fingerprint density at radius 2 is 2.11 bits per heavy atom. The Bertz CT molecular complexity index is 505. The van der Waals surface area contributed by atoms with Crippen LogP contribution in [0.3, 0.4) is 0 Å². The van der Waals surface area contributed by atoms with Crippen molar-refractivity contribution in [1.82, 2.24) is 0 Å². The van der Waals surface area contributed by atoms with Crippen LogP contribution in [-0.4, -0.2) is 17.2 Å². The zero-order valence-corrected chi connectivity index (χ0v) is 9.15. The monoisotopic (exact) mass is 259 g/mol. The minimum absolute atomic E-state index is 0.183. The predicted molar refractivity (Wildman–Crippen MR) is 53.9 cm³/mol. The number of nitriles is 1. The quantitative estimate of drug-likeness (QED) is 0.904. The lowest BCUT2D eigenvalue weighted by Crippen LogP contribution is -2.24. The molecule has 7 heteroatoms. The number of benzene rings is 1. The highest BCUT2D eigenvalue weighted by atomic mass is 19.4. The third kappa shape index (κ3) is 3.13. The van der Waals surface area contributed by atoms with Gasteiger partial charge in [0.2, 0.25) is 0 Å². The molecule has 0 spiro atoms. The number of alkyl halides is 3. The first kappa shape index (κ1) is 13.8. The van der Waals surface area contributed by atoms with Crippen molar-refractivity contribution in [2.45, 2.75) is 19.2 Å². The molecule has 0 aromatic heterocycles. The van der Waals surface area contributed by atoms with Gasteiger partial charge in [-0.25, -0.2) is 4.79 Å². The molecule has 1 atom stereocenters. The molecular formula is C11H8F3NO3. The van der Waals surface area contributed by atoms with Gasteiger partial charge in [0.05, 0.1) is 17.2 Å². The zero-order chi connectivity index (χ0) is 13.9. The molecule has 1 rings (SSSR count). The van der Waals surface area contributed by atoms with Crippen molar-refractivity contribution < 1.29 is 27.8 Å². The molecular weight excluding hydrogens is 251 g/mol. The fraction of sp³-hybridized carbons (Fsp3) is 0.273. The summed E-state index contributed by atoms with van der Waals surface area (Å²) in [5.74, 6) is -2.00. The van der Waals surface area contributed by atoms with Crippen LogP contribution in [0.2, 0.25) is 0 Å². The molecule has 0 saturated heterocycles. The van der Waals surface area contributed by atoms with Gasteiger partial charge in [0, 0.05) is 0 Å². The molecule has 0 fully saturated rings. The van der Waals surface area contributed by atoms with E-state index in [1.807, 2.05) is 0 Å². The van der Waals surface area contributed by atoms with Gasteiger partial charge in [0.25, 0.3) is 0 Å². The van der Waals surface area contributed by atoms with E-state index in [-0.39, 0.29) is 5.56 Å². The van der Waals surface area contributed by atoms with E-state index in [2.05, 4.69) is 0 Å². The number of hydrogen-bond acceptors (Lipinski definition) is 3. The average molecular weight is 259 g/mol. The van der Waals surface area contributed by atoms with Gasteiger partial charge < -0.3 is 9.84 Å². The van der Waals surface area contributed by atoms with Crippen LogP contribution in [-0.2, 0) is 11.0 Å². The van der Waals surface area contributed by atoms with Crippen molar-refractivity contribution in [3.8, 4) is 11.8 Å². The highest BCUT2D eigenvalue weighted by molar-refractivity contribution is 5.72. The maximum absolute atomic E-state index is 12.7. The first-order valence-corrected chi connectivity index (χ1v) is 4.76. The summed E-state index contributed by atoms with van der Waals surface area (Å²) in [7, 11) is 0. The molecule has 0 aliphatic heterocycles. The number of carbonyl (C=O) groups is 1. The lowest BCUT2D eigenvalue weighted by atomic mass is 10.1. The zero-order valence-electron chi connectivity index (χ0n) is 9.15. The molecule has 0 bridgehead atoms. The van der Waals surface area contributed by atoms with Gasteiger partial charge in [-0.3, -0.25) is 0 Å². The minimum atomic E-state index is -4.72. The van der Waals surface area contributed by atoms with Gasteiger partial charge in [-0.15, -0.1) is 0 Å². The Labute approximate surface area is 100 Å². The number of carboxylic acids is 1. The summed E-state index contributed by atoms with van der Waals surface area (Å²) in [6.45, 7) is 1.11. The third-order valence-electron chi connectivity index (χ3n) is 2.07. The number of aliphatic carboxylic acids is 1. The lowest BCUT2D eigenvalue weighted by molar-refractivity contribution is -0.147. The molecule has 1 N–H and O–H groups in total. The summed E-state index contributed by atoms with van der Waals surface area (Å²) >= 11 is 0. The summed E-state index contributed by atoms with van der Waals surface area (Å²) < 4.78 is 42.7. The van der Waals surface area contributed by atoms with Crippen LogP contribution < -0.4 is 4.74 Å². The van der Waals surface area contributed by atoms with Crippen molar-refractivity contribution in [1.29, 1.82) is 5.26 Å². The van der Waals surface area contributed by atoms with E-state index in [1.165, 1.54) is 0 Å². The van der Waals surface area contributed by atoms with E-state index in [0.717, 1.165) is 19.1 Å². The molecule has 0 amide bonds. The molecule has 1 aromatic carbocycles. The minimum Gasteiger partial charge on any atom is -0.479 e. The van der Waals surface area contributed by atoms with E-state index in [4.69, 9.17) is 15.1 Å². The van der Waals surface area contributed by atoms with E-state index < -0.39 is 29.6 Å². The van der Waals surface area contributed by atoms with Crippen LogP contribution in [0.1, 0.15) is 18.1 Å². The Kier molecular flexibility index (Phi) is 3.81. The SMILES string of the molecule is CC(Oc1ccc(C#N)cc1C(F)(F)F)C(=O)O. The topological polar surface area (TPSA) is 70.3 Å². The first-order chi connectivity index (χ1) is 8.25. The van der Waals surface area contributed by atoms with Crippen molar-refractivity contribution in [3.63, 3.8) is 0 Å². The molecule has 1 unspecified atom stereocenters. The molecule has 0 aliphatic carbocycles. The van der Waals surface area contributed by atoms with Crippen LogP contribution in [0, 0.1) is 11.3 Å². The highest BCUT2D eigenvalue weighted by Crippen LogP contribution is 2.37. The number of carboxylic acid groups (broad SMARTS) is 1. The van der Waals surface area contributed by atoms with Gasteiger partial charge >= 0.3 is 12.1 Å². The summed E-state index contributed by atoms with van der Waals surface area (Å²) in [6.07, 6.45) is -6.14. The number of ether oxygens (including phenoxy) is 1. The second-order valence-corrected chi connectivity index (χ2v) is 3.42. The van der Waals surface area contributed by atoms with Gasteiger partial charge in [0.1, 0.15) is 5.75 Å². The molecule has 0 heterocycles. The smallest absolute Gasteiger partial charge is 0.420 e. The maximum atomic E-state index is 12.7. The van der Waals surface area contributed by atoms with E-state index >= 15 is 0 Å². The molecule has 1 aromatic rings.